The summed E-state index contributed by atoms with van der Waals surface area (Å²) < 4.78 is 20.8. The van der Waals surface area contributed by atoms with E-state index in [2.05, 4.69) is 15.5 Å². The Bertz CT molecular complexity index is 1330. The van der Waals surface area contributed by atoms with Crippen molar-refractivity contribution in [2.24, 2.45) is 0 Å². The standard InChI is InChI=1S/C23H24FN7O2/c24-18-8-1-2-9-19(18)31-22(28-12-5-6-13-28)17(16-26-31)21(32)25-11-7-15-30-23(33)29-14-4-3-10-20(29)27-30/h1-2,5-6,8-9,12-13,16H,3-4,7,10-11,14-15H2,(H,25,32). The van der Waals surface area contributed by atoms with Crippen molar-refractivity contribution in [3.8, 4) is 11.5 Å². The second-order valence-corrected chi connectivity index (χ2v) is 7.98. The molecule has 4 heterocycles. The highest BCUT2D eigenvalue weighted by Gasteiger charge is 2.21. The van der Waals surface area contributed by atoms with Gasteiger partial charge in [0.15, 0.2) is 5.82 Å². The maximum Gasteiger partial charge on any atom is 0.345 e. The number of amides is 1. The number of rotatable bonds is 7. The maximum absolute atomic E-state index is 14.4. The monoisotopic (exact) mass is 449 g/mol. The zero-order chi connectivity index (χ0) is 22.8. The van der Waals surface area contributed by atoms with Crippen LogP contribution in [-0.4, -0.2) is 41.1 Å². The summed E-state index contributed by atoms with van der Waals surface area (Å²) in [5, 5.41) is 11.6. The SMILES string of the molecule is O=C(NCCCn1nc2n(c1=O)CCCC2)c1cnn(-c2ccccc2F)c1-n1cccc1. The van der Waals surface area contributed by atoms with E-state index < -0.39 is 5.82 Å². The van der Waals surface area contributed by atoms with Crippen LogP contribution >= 0.6 is 0 Å². The van der Waals surface area contributed by atoms with Gasteiger partial charge < -0.3 is 9.88 Å². The fourth-order valence-corrected chi connectivity index (χ4v) is 4.15. The molecule has 0 fully saturated rings. The summed E-state index contributed by atoms with van der Waals surface area (Å²) in [6, 6.07) is 9.93. The van der Waals surface area contributed by atoms with E-state index in [-0.39, 0.29) is 17.3 Å². The number of hydrogen-bond donors (Lipinski definition) is 1. The van der Waals surface area contributed by atoms with Gasteiger partial charge in [0.25, 0.3) is 5.91 Å². The minimum Gasteiger partial charge on any atom is -0.352 e. The van der Waals surface area contributed by atoms with Crippen molar-refractivity contribution in [2.75, 3.05) is 6.54 Å². The van der Waals surface area contributed by atoms with Crippen molar-refractivity contribution in [3.05, 3.63) is 82.7 Å². The summed E-state index contributed by atoms with van der Waals surface area (Å²) in [7, 11) is 0. The topological polar surface area (TPSA) is 91.7 Å². The molecule has 33 heavy (non-hydrogen) atoms. The van der Waals surface area contributed by atoms with Crippen molar-refractivity contribution >= 4 is 5.91 Å². The van der Waals surface area contributed by atoms with Gasteiger partial charge in [-0.3, -0.25) is 9.36 Å². The van der Waals surface area contributed by atoms with Crippen molar-refractivity contribution < 1.29 is 9.18 Å². The lowest BCUT2D eigenvalue weighted by molar-refractivity contribution is 0.0952. The molecular weight excluding hydrogens is 425 g/mol. The third-order valence-corrected chi connectivity index (χ3v) is 5.78. The van der Waals surface area contributed by atoms with Gasteiger partial charge in [0.05, 0.1) is 6.20 Å². The molecule has 4 aromatic rings. The molecule has 0 bridgehead atoms. The molecule has 0 atom stereocenters. The summed E-state index contributed by atoms with van der Waals surface area (Å²) in [6.45, 7) is 1.51. The number of nitrogens with zero attached hydrogens (tertiary/aromatic N) is 6. The van der Waals surface area contributed by atoms with E-state index in [1.807, 2.05) is 12.1 Å². The lowest BCUT2D eigenvalue weighted by Gasteiger charge is -2.12. The first-order valence-corrected chi connectivity index (χ1v) is 11.0. The number of carbonyl (C=O) groups excluding carboxylic acids is 1. The zero-order valence-corrected chi connectivity index (χ0v) is 18.0. The fourth-order valence-electron chi connectivity index (χ4n) is 4.15. The Morgan fingerprint density at radius 1 is 1.12 bits per heavy atom. The van der Waals surface area contributed by atoms with Crippen LogP contribution in [0.4, 0.5) is 4.39 Å². The smallest absolute Gasteiger partial charge is 0.345 e. The largest absolute Gasteiger partial charge is 0.352 e. The van der Waals surface area contributed by atoms with E-state index in [0.29, 0.717) is 30.9 Å². The second kappa shape index (κ2) is 8.89. The maximum atomic E-state index is 14.4. The van der Waals surface area contributed by atoms with E-state index in [9.17, 15) is 14.0 Å². The van der Waals surface area contributed by atoms with E-state index in [0.717, 1.165) is 31.6 Å². The van der Waals surface area contributed by atoms with Gasteiger partial charge in [-0.05, 0) is 43.5 Å². The Labute approximate surface area is 189 Å². The van der Waals surface area contributed by atoms with Crippen LogP contribution in [0.5, 0.6) is 0 Å². The summed E-state index contributed by atoms with van der Waals surface area (Å²) >= 11 is 0. The number of halogens is 1. The van der Waals surface area contributed by atoms with Crippen LogP contribution in [0.3, 0.4) is 0 Å². The van der Waals surface area contributed by atoms with Crippen LogP contribution in [0.1, 0.15) is 35.4 Å². The molecule has 1 aromatic carbocycles. The Hall–Kier alpha value is -3.95. The molecule has 0 spiro atoms. The molecule has 1 aliphatic rings. The van der Waals surface area contributed by atoms with Gasteiger partial charge in [0, 0.05) is 38.4 Å². The highest BCUT2D eigenvalue weighted by Crippen LogP contribution is 2.21. The highest BCUT2D eigenvalue weighted by atomic mass is 19.1. The molecule has 3 aromatic heterocycles. The summed E-state index contributed by atoms with van der Waals surface area (Å²) in [4.78, 5) is 25.4. The molecule has 0 saturated heterocycles. The Morgan fingerprint density at radius 2 is 1.94 bits per heavy atom. The van der Waals surface area contributed by atoms with Gasteiger partial charge in [-0.15, -0.1) is 0 Å². The summed E-state index contributed by atoms with van der Waals surface area (Å²) in [6.07, 6.45) is 8.42. The molecule has 9 nitrogen and oxygen atoms in total. The van der Waals surface area contributed by atoms with E-state index in [4.69, 9.17) is 0 Å². The first kappa shape index (κ1) is 20.9. The van der Waals surface area contributed by atoms with Crippen molar-refractivity contribution in [1.82, 2.24) is 34.0 Å². The first-order valence-electron chi connectivity index (χ1n) is 11.0. The van der Waals surface area contributed by atoms with Crippen LogP contribution in [0, 0.1) is 5.82 Å². The van der Waals surface area contributed by atoms with Crippen molar-refractivity contribution in [2.45, 2.75) is 38.8 Å². The minimum absolute atomic E-state index is 0.0860. The first-order chi connectivity index (χ1) is 16.1. The van der Waals surface area contributed by atoms with Gasteiger partial charge in [0.2, 0.25) is 0 Å². The normalized spacial score (nSPS) is 13.1. The summed E-state index contributed by atoms with van der Waals surface area (Å²) in [5.41, 5.74) is 0.490. The van der Waals surface area contributed by atoms with Crippen LogP contribution < -0.4 is 11.0 Å². The Kier molecular flexibility index (Phi) is 5.64. The van der Waals surface area contributed by atoms with Gasteiger partial charge >= 0.3 is 5.69 Å². The number of fused-ring (bicyclic) bond motifs is 1. The van der Waals surface area contributed by atoms with Gasteiger partial charge in [-0.25, -0.2) is 18.5 Å². The predicted molar refractivity (Wildman–Crippen MR) is 119 cm³/mol. The zero-order valence-electron chi connectivity index (χ0n) is 18.0. The quantitative estimate of drug-likeness (QED) is 0.439. The molecule has 1 aliphatic heterocycles. The molecule has 10 heteroatoms. The fraction of sp³-hybridized carbons (Fsp3) is 0.304. The van der Waals surface area contributed by atoms with Crippen molar-refractivity contribution in [3.63, 3.8) is 0 Å². The minimum atomic E-state index is -0.436. The molecule has 5 rings (SSSR count). The Balaban J connectivity index is 1.31. The number of para-hydroxylation sites is 1. The molecule has 1 N–H and O–H groups in total. The molecule has 1 amide bonds. The van der Waals surface area contributed by atoms with Gasteiger partial charge in [0.1, 0.15) is 22.9 Å². The second-order valence-electron chi connectivity index (χ2n) is 7.98. The lowest BCUT2D eigenvalue weighted by Crippen LogP contribution is -2.29. The predicted octanol–water partition coefficient (Wildman–Crippen LogP) is 2.32. The molecule has 170 valence electrons. The third kappa shape index (κ3) is 3.99. The molecule has 0 aliphatic carbocycles. The van der Waals surface area contributed by atoms with Crippen LogP contribution in [0.2, 0.25) is 0 Å². The number of aromatic nitrogens is 6. The van der Waals surface area contributed by atoms with Gasteiger partial charge in [-0.2, -0.15) is 10.2 Å². The van der Waals surface area contributed by atoms with Crippen LogP contribution in [-0.2, 0) is 19.5 Å². The van der Waals surface area contributed by atoms with E-state index in [1.54, 1.807) is 39.7 Å². The van der Waals surface area contributed by atoms with Crippen LogP contribution in [0.15, 0.2) is 59.8 Å². The Morgan fingerprint density at radius 3 is 2.73 bits per heavy atom. The molecular formula is C23H24FN7O2. The van der Waals surface area contributed by atoms with Crippen molar-refractivity contribution in [1.29, 1.82) is 0 Å². The highest BCUT2D eigenvalue weighted by molar-refractivity contribution is 5.97. The molecule has 0 unspecified atom stereocenters. The van der Waals surface area contributed by atoms with Crippen LogP contribution in [0.25, 0.3) is 11.5 Å². The number of nitrogens with one attached hydrogen (secondary N) is 1. The van der Waals surface area contributed by atoms with Gasteiger partial charge in [-0.1, -0.05) is 12.1 Å². The summed E-state index contributed by atoms with van der Waals surface area (Å²) in [5.74, 6) is 0.528. The third-order valence-electron chi connectivity index (χ3n) is 5.78. The average molecular weight is 449 g/mol. The number of aryl methyl sites for hydroxylation is 2. The van der Waals surface area contributed by atoms with E-state index in [1.165, 1.54) is 21.6 Å². The molecule has 0 saturated carbocycles. The number of benzene rings is 1. The van der Waals surface area contributed by atoms with E-state index >= 15 is 0 Å². The number of carbonyl (C=O) groups is 1. The molecule has 0 radical (unpaired) electrons. The lowest BCUT2D eigenvalue weighted by atomic mass is 10.2. The average Bonchev–Trinajstić information content (AvgIpc) is 3.56. The number of hydrogen-bond acceptors (Lipinski definition) is 4.